The molecule has 3 N–H and O–H groups in total. The Morgan fingerprint density at radius 2 is 1.83 bits per heavy atom. The molecule has 0 saturated carbocycles. The molecule has 2 aromatic rings. The fourth-order valence-corrected chi connectivity index (χ4v) is 2.05. The molecule has 0 aliphatic carbocycles. The second-order valence-corrected chi connectivity index (χ2v) is 5.33. The summed E-state index contributed by atoms with van der Waals surface area (Å²) in [6.07, 6.45) is 4.65. The van der Waals surface area contributed by atoms with Gasteiger partial charge < -0.3 is 11.1 Å². The highest BCUT2D eigenvalue weighted by Crippen LogP contribution is 2.25. The van der Waals surface area contributed by atoms with E-state index in [1.54, 1.807) is 12.4 Å². The Labute approximate surface area is 149 Å². The van der Waals surface area contributed by atoms with Crippen LogP contribution >= 0.6 is 24.8 Å². The summed E-state index contributed by atoms with van der Waals surface area (Å²) in [6.45, 7) is 3.89. The molecule has 0 spiro atoms. The number of nitrogens with one attached hydrogen (secondary N) is 1. The predicted octanol–water partition coefficient (Wildman–Crippen LogP) is 3.97. The standard InChI is InChI=1S/C17H21N3O.2ClH/c1-12-3-5-15(14-7-9-19-10-8-14)11-16(12)20-17(21)6-4-13(2)18;;/h3,5,7-11,13H,4,6,18H2,1-2H3,(H,20,21);2*1H. The third kappa shape index (κ3) is 6.57. The van der Waals surface area contributed by atoms with Crippen LogP contribution in [0.3, 0.4) is 0 Å². The van der Waals surface area contributed by atoms with E-state index in [0.717, 1.165) is 22.4 Å². The lowest BCUT2D eigenvalue weighted by Crippen LogP contribution is -2.19. The van der Waals surface area contributed by atoms with Gasteiger partial charge >= 0.3 is 0 Å². The molecule has 126 valence electrons. The molecule has 0 aliphatic heterocycles. The van der Waals surface area contributed by atoms with Gasteiger partial charge in [0.15, 0.2) is 0 Å². The summed E-state index contributed by atoms with van der Waals surface area (Å²) in [7, 11) is 0. The van der Waals surface area contributed by atoms with Crippen molar-refractivity contribution in [2.75, 3.05) is 5.32 Å². The summed E-state index contributed by atoms with van der Waals surface area (Å²) < 4.78 is 0. The van der Waals surface area contributed by atoms with Crippen LogP contribution in [-0.4, -0.2) is 16.9 Å². The lowest BCUT2D eigenvalue weighted by molar-refractivity contribution is -0.116. The van der Waals surface area contributed by atoms with Crippen LogP contribution in [0.1, 0.15) is 25.3 Å². The molecule has 1 aromatic heterocycles. The minimum Gasteiger partial charge on any atom is -0.328 e. The molecular weight excluding hydrogens is 333 g/mol. The number of aryl methyl sites for hydroxylation is 1. The van der Waals surface area contributed by atoms with E-state index in [-0.39, 0.29) is 36.8 Å². The van der Waals surface area contributed by atoms with Crippen LogP contribution in [0, 0.1) is 6.92 Å². The van der Waals surface area contributed by atoms with Crippen molar-refractivity contribution in [3.8, 4) is 11.1 Å². The van der Waals surface area contributed by atoms with Crippen molar-refractivity contribution in [2.24, 2.45) is 5.73 Å². The number of carbonyl (C=O) groups excluding carboxylic acids is 1. The summed E-state index contributed by atoms with van der Waals surface area (Å²) in [5, 5.41) is 2.97. The number of halogens is 2. The lowest BCUT2D eigenvalue weighted by atomic mass is 10.0. The Morgan fingerprint density at radius 1 is 1.17 bits per heavy atom. The molecule has 6 heteroatoms. The number of hydrogen-bond acceptors (Lipinski definition) is 3. The first-order valence-corrected chi connectivity index (χ1v) is 7.13. The molecule has 0 saturated heterocycles. The van der Waals surface area contributed by atoms with Crippen LogP contribution < -0.4 is 11.1 Å². The number of amides is 1. The molecule has 1 amide bonds. The smallest absolute Gasteiger partial charge is 0.224 e. The van der Waals surface area contributed by atoms with E-state index in [1.165, 1.54) is 0 Å². The Hall–Kier alpha value is -1.62. The van der Waals surface area contributed by atoms with Crippen molar-refractivity contribution in [1.82, 2.24) is 4.98 Å². The molecule has 2 rings (SSSR count). The minimum atomic E-state index is 0. The van der Waals surface area contributed by atoms with Gasteiger partial charge in [0, 0.05) is 30.5 Å². The van der Waals surface area contributed by atoms with Gasteiger partial charge in [0.1, 0.15) is 0 Å². The van der Waals surface area contributed by atoms with Gasteiger partial charge in [-0.2, -0.15) is 0 Å². The Kier molecular flexibility index (Phi) is 9.49. The maximum Gasteiger partial charge on any atom is 0.224 e. The molecule has 4 nitrogen and oxygen atoms in total. The summed E-state index contributed by atoms with van der Waals surface area (Å²) in [5.41, 5.74) is 9.71. The highest BCUT2D eigenvalue weighted by Gasteiger charge is 2.07. The zero-order valence-electron chi connectivity index (χ0n) is 13.3. The average molecular weight is 356 g/mol. The van der Waals surface area contributed by atoms with Crippen LogP contribution in [0.2, 0.25) is 0 Å². The lowest BCUT2D eigenvalue weighted by Gasteiger charge is -2.11. The minimum absolute atomic E-state index is 0. The number of carbonyl (C=O) groups is 1. The highest BCUT2D eigenvalue weighted by atomic mass is 35.5. The van der Waals surface area contributed by atoms with E-state index >= 15 is 0 Å². The second kappa shape index (κ2) is 10.2. The zero-order chi connectivity index (χ0) is 15.2. The van der Waals surface area contributed by atoms with Gasteiger partial charge in [0.2, 0.25) is 5.91 Å². The van der Waals surface area contributed by atoms with E-state index in [1.807, 2.05) is 44.2 Å². The van der Waals surface area contributed by atoms with Crippen LogP contribution in [0.15, 0.2) is 42.7 Å². The molecular formula is C17H23Cl2N3O. The third-order valence-electron chi connectivity index (χ3n) is 3.35. The number of aromatic nitrogens is 1. The topological polar surface area (TPSA) is 68.0 Å². The Balaban J connectivity index is 0.00000242. The third-order valence-corrected chi connectivity index (χ3v) is 3.35. The van der Waals surface area contributed by atoms with E-state index in [2.05, 4.69) is 10.3 Å². The van der Waals surface area contributed by atoms with Crippen molar-refractivity contribution in [2.45, 2.75) is 32.7 Å². The molecule has 0 fully saturated rings. The van der Waals surface area contributed by atoms with Gasteiger partial charge in [-0.3, -0.25) is 9.78 Å². The van der Waals surface area contributed by atoms with Crippen molar-refractivity contribution in [3.05, 3.63) is 48.3 Å². The summed E-state index contributed by atoms with van der Waals surface area (Å²) >= 11 is 0. The highest BCUT2D eigenvalue weighted by molar-refractivity contribution is 5.92. The Morgan fingerprint density at radius 3 is 2.43 bits per heavy atom. The van der Waals surface area contributed by atoms with E-state index in [4.69, 9.17) is 5.73 Å². The van der Waals surface area contributed by atoms with Gasteiger partial charge in [-0.15, -0.1) is 24.8 Å². The molecule has 0 aliphatic rings. The molecule has 1 unspecified atom stereocenters. The maximum atomic E-state index is 11.9. The number of nitrogens with zero attached hydrogens (tertiary/aromatic N) is 1. The quantitative estimate of drug-likeness (QED) is 0.852. The maximum absolute atomic E-state index is 11.9. The molecule has 0 bridgehead atoms. The van der Waals surface area contributed by atoms with Crippen molar-refractivity contribution in [1.29, 1.82) is 0 Å². The van der Waals surface area contributed by atoms with Crippen LogP contribution in [0.5, 0.6) is 0 Å². The van der Waals surface area contributed by atoms with Crippen LogP contribution in [0.4, 0.5) is 5.69 Å². The van der Waals surface area contributed by atoms with E-state index in [0.29, 0.717) is 12.8 Å². The van der Waals surface area contributed by atoms with Crippen molar-refractivity contribution in [3.63, 3.8) is 0 Å². The number of rotatable bonds is 5. The van der Waals surface area contributed by atoms with E-state index in [9.17, 15) is 4.79 Å². The molecule has 1 aromatic carbocycles. The van der Waals surface area contributed by atoms with E-state index < -0.39 is 0 Å². The summed E-state index contributed by atoms with van der Waals surface area (Å²) in [5.74, 6) is 0.00211. The first-order chi connectivity index (χ1) is 10.1. The van der Waals surface area contributed by atoms with Crippen molar-refractivity contribution < 1.29 is 4.79 Å². The molecule has 1 atom stereocenters. The number of hydrogen-bond donors (Lipinski definition) is 2. The van der Waals surface area contributed by atoms with Crippen LogP contribution in [-0.2, 0) is 4.79 Å². The first-order valence-electron chi connectivity index (χ1n) is 7.13. The Bertz CT molecular complexity index is 618. The van der Waals surface area contributed by atoms with Gasteiger partial charge in [-0.1, -0.05) is 12.1 Å². The zero-order valence-corrected chi connectivity index (χ0v) is 14.9. The molecule has 0 radical (unpaired) electrons. The number of nitrogens with two attached hydrogens (primary N) is 1. The number of anilines is 1. The van der Waals surface area contributed by atoms with Crippen LogP contribution in [0.25, 0.3) is 11.1 Å². The van der Waals surface area contributed by atoms with Gasteiger partial charge in [0.05, 0.1) is 0 Å². The molecule has 1 heterocycles. The first kappa shape index (κ1) is 21.4. The number of benzene rings is 1. The summed E-state index contributed by atoms with van der Waals surface area (Å²) in [6, 6.07) is 9.99. The SMILES string of the molecule is Cc1ccc(-c2ccncc2)cc1NC(=O)CCC(C)N.Cl.Cl. The fraction of sp³-hybridized carbons (Fsp3) is 0.294. The van der Waals surface area contributed by atoms with Crippen molar-refractivity contribution >= 4 is 36.4 Å². The predicted molar refractivity (Wildman–Crippen MR) is 100 cm³/mol. The number of pyridine rings is 1. The monoisotopic (exact) mass is 355 g/mol. The van der Waals surface area contributed by atoms with Gasteiger partial charge in [-0.05, 0) is 55.2 Å². The fourth-order valence-electron chi connectivity index (χ4n) is 2.05. The summed E-state index contributed by atoms with van der Waals surface area (Å²) in [4.78, 5) is 16.0. The van der Waals surface area contributed by atoms with Gasteiger partial charge in [-0.25, -0.2) is 0 Å². The van der Waals surface area contributed by atoms with Gasteiger partial charge in [0.25, 0.3) is 0 Å². The largest absolute Gasteiger partial charge is 0.328 e. The second-order valence-electron chi connectivity index (χ2n) is 5.33. The normalized spacial score (nSPS) is 10.9. The molecule has 23 heavy (non-hydrogen) atoms. The average Bonchev–Trinajstić information content (AvgIpc) is 2.48.